The highest BCUT2D eigenvalue weighted by atomic mass is 16.6. The van der Waals surface area contributed by atoms with Gasteiger partial charge in [0.05, 0.1) is 7.11 Å². The minimum Gasteiger partial charge on any atom is -0.467 e. The molecule has 1 saturated heterocycles. The van der Waals surface area contributed by atoms with E-state index in [4.69, 9.17) is 14.2 Å². The van der Waals surface area contributed by atoms with Crippen LogP contribution in [0.15, 0.2) is 42.0 Å². The van der Waals surface area contributed by atoms with Crippen LogP contribution < -0.4 is 0 Å². The van der Waals surface area contributed by atoms with Crippen molar-refractivity contribution in [2.75, 3.05) is 13.7 Å². The van der Waals surface area contributed by atoms with Crippen molar-refractivity contribution in [2.24, 2.45) is 0 Å². The van der Waals surface area contributed by atoms with Crippen molar-refractivity contribution in [1.82, 2.24) is 4.90 Å². The zero-order valence-corrected chi connectivity index (χ0v) is 16.1. The van der Waals surface area contributed by atoms with Gasteiger partial charge in [-0.05, 0) is 31.9 Å². The summed E-state index contributed by atoms with van der Waals surface area (Å²) in [5.41, 5.74) is 0.823. The van der Waals surface area contributed by atoms with Crippen LogP contribution in [0.3, 0.4) is 0 Å². The van der Waals surface area contributed by atoms with Gasteiger partial charge in [-0.15, -0.1) is 0 Å². The molecule has 2 rings (SSSR count). The summed E-state index contributed by atoms with van der Waals surface area (Å²) in [5.74, 6) is -1.07. The lowest BCUT2D eigenvalue weighted by Crippen LogP contribution is -2.41. The molecule has 0 saturated carbocycles. The lowest BCUT2D eigenvalue weighted by atomic mass is 10.1. The predicted molar refractivity (Wildman–Crippen MR) is 97.7 cm³/mol. The number of amides is 1. The van der Waals surface area contributed by atoms with Crippen molar-refractivity contribution in [3.05, 3.63) is 47.5 Å². The van der Waals surface area contributed by atoms with Gasteiger partial charge in [-0.3, -0.25) is 4.90 Å². The quantitative estimate of drug-likeness (QED) is 0.457. The molecule has 0 N–H and O–H groups in total. The van der Waals surface area contributed by atoms with Crippen molar-refractivity contribution in [3.63, 3.8) is 0 Å². The number of carbonyl (C=O) groups is 3. The molecule has 1 atom stereocenters. The Bertz CT molecular complexity index is 720. The Balaban J connectivity index is 2.07. The molecule has 1 aromatic rings. The largest absolute Gasteiger partial charge is 0.467 e. The van der Waals surface area contributed by atoms with Gasteiger partial charge in [0.2, 0.25) is 0 Å². The molecule has 0 aromatic heterocycles. The third-order valence-electron chi connectivity index (χ3n) is 3.85. The van der Waals surface area contributed by atoms with Crippen molar-refractivity contribution in [2.45, 2.75) is 45.4 Å². The van der Waals surface area contributed by atoms with Crippen molar-refractivity contribution < 1.29 is 28.6 Å². The van der Waals surface area contributed by atoms with Crippen LogP contribution >= 0.6 is 0 Å². The second kappa shape index (κ2) is 8.70. The van der Waals surface area contributed by atoms with Gasteiger partial charge in [-0.2, -0.15) is 0 Å². The van der Waals surface area contributed by atoms with Gasteiger partial charge in [0.15, 0.2) is 0 Å². The summed E-state index contributed by atoms with van der Waals surface area (Å²) in [6.07, 6.45) is 0.889. The van der Waals surface area contributed by atoms with Crippen LogP contribution in [0.1, 0.15) is 32.8 Å². The van der Waals surface area contributed by atoms with Gasteiger partial charge in [0, 0.05) is 19.0 Å². The van der Waals surface area contributed by atoms with Gasteiger partial charge in [-0.1, -0.05) is 30.3 Å². The smallest absolute Gasteiger partial charge is 0.411 e. The van der Waals surface area contributed by atoms with Crippen LogP contribution in [0.2, 0.25) is 0 Å². The Hall–Kier alpha value is -2.83. The Morgan fingerprint density at radius 2 is 1.85 bits per heavy atom. The van der Waals surface area contributed by atoms with Gasteiger partial charge >= 0.3 is 18.0 Å². The second-order valence-corrected chi connectivity index (χ2v) is 7.25. The van der Waals surface area contributed by atoms with Crippen LogP contribution in [0.5, 0.6) is 0 Å². The number of ether oxygens (including phenoxy) is 3. The maximum Gasteiger partial charge on any atom is 0.411 e. The van der Waals surface area contributed by atoms with Gasteiger partial charge < -0.3 is 14.2 Å². The standard InChI is InChI=1S/C20H25NO6/c1-20(2,3)27-17(22)11-15-10-16(18(23)25-4)21(12-15)19(24)26-13-14-8-6-5-7-9-14/h5-9,11,16H,10,12-13H2,1-4H3. The Morgan fingerprint density at radius 1 is 1.19 bits per heavy atom. The molecule has 0 radical (unpaired) electrons. The molecule has 27 heavy (non-hydrogen) atoms. The number of benzene rings is 1. The molecule has 1 fully saturated rings. The molecule has 1 aromatic carbocycles. The lowest BCUT2D eigenvalue weighted by Gasteiger charge is -2.21. The molecule has 0 bridgehead atoms. The number of hydrogen-bond donors (Lipinski definition) is 0. The first-order chi connectivity index (χ1) is 12.7. The van der Waals surface area contributed by atoms with E-state index in [0.29, 0.717) is 5.57 Å². The summed E-state index contributed by atoms with van der Waals surface area (Å²) in [7, 11) is 1.26. The average Bonchev–Trinajstić information content (AvgIpc) is 3.02. The maximum absolute atomic E-state index is 12.5. The van der Waals surface area contributed by atoms with Gasteiger partial charge in [0.1, 0.15) is 18.2 Å². The fraction of sp³-hybridized carbons (Fsp3) is 0.450. The summed E-state index contributed by atoms with van der Waals surface area (Å²) < 4.78 is 15.3. The molecule has 1 amide bonds. The van der Waals surface area contributed by atoms with E-state index in [0.717, 1.165) is 5.56 Å². The molecule has 7 nitrogen and oxygen atoms in total. The van der Waals surface area contributed by atoms with Gasteiger partial charge in [0.25, 0.3) is 0 Å². The maximum atomic E-state index is 12.5. The third kappa shape index (κ3) is 6.13. The van der Waals surface area contributed by atoms with E-state index >= 15 is 0 Å². The number of rotatable bonds is 4. The van der Waals surface area contributed by atoms with E-state index in [9.17, 15) is 14.4 Å². The highest BCUT2D eigenvalue weighted by Crippen LogP contribution is 2.25. The molecule has 0 aliphatic carbocycles. The molecule has 1 heterocycles. The van der Waals surface area contributed by atoms with E-state index in [1.54, 1.807) is 20.8 Å². The summed E-state index contributed by atoms with van der Waals surface area (Å²) >= 11 is 0. The number of esters is 2. The molecule has 7 heteroatoms. The minimum atomic E-state index is -0.827. The lowest BCUT2D eigenvalue weighted by molar-refractivity contribution is -0.148. The molecule has 146 valence electrons. The van der Waals surface area contributed by atoms with E-state index in [1.165, 1.54) is 18.1 Å². The zero-order valence-electron chi connectivity index (χ0n) is 16.1. The predicted octanol–water partition coefficient (Wildman–Crippen LogP) is 2.84. The number of hydrogen-bond acceptors (Lipinski definition) is 6. The first-order valence-corrected chi connectivity index (χ1v) is 8.67. The zero-order chi connectivity index (χ0) is 20.0. The van der Waals surface area contributed by atoms with E-state index in [1.807, 2.05) is 30.3 Å². The van der Waals surface area contributed by atoms with E-state index < -0.39 is 29.7 Å². The first-order valence-electron chi connectivity index (χ1n) is 8.67. The molecule has 1 aliphatic rings. The minimum absolute atomic E-state index is 0.0924. The number of methoxy groups -OCH3 is 1. The summed E-state index contributed by atoms with van der Waals surface area (Å²) in [5, 5.41) is 0. The van der Waals surface area contributed by atoms with Gasteiger partial charge in [-0.25, -0.2) is 14.4 Å². The molecule has 1 unspecified atom stereocenters. The Labute approximate surface area is 158 Å². The summed E-state index contributed by atoms with van der Waals surface area (Å²) in [6.45, 7) is 5.50. The fourth-order valence-electron chi connectivity index (χ4n) is 2.70. The van der Waals surface area contributed by atoms with Crippen molar-refractivity contribution >= 4 is 18.0 Å². The number of likely N-dealkylation sites (tertiary alicyclic amines) is 1. The number of nitrogens with zero attached hydrogens (tertiary/aromatic N) is 1. The van der Waals surface area contributed by atoms with Crippen LogP contribution in [0.4, 0.5) is 4.79 Å². The highest BCUT2D eigenvalue weighted by Gasteiger charge is 2.39. The number of carbonyl (C=O) groups excluding carboxylic acids is 3. The highest BCUT2D eigenvalue weighted by molar-refractivity contribution is 5.86. The van der Waals surface area contributed by atoms with Crippen LogP contribution in [0, 0.1) is 0 Å². The fourth-order valence-corrected chi connectivity index (χ4v) is 2.70. The van der Waals surface area contributed by atoms with Crippen molar-refractivity contribution in [1.29, 1.82) is 0 Å². The summed E-state index contributed by atoms with van der Waals surface area (Å²) in [6, 6.07) is 8.40. The average molecular weight is 375 g/mol. The van der Waals surface area contributed by atoms with Crippen LogP contribution in [-0.4, -0.2) is 48.2 Å². The Morgan fingerprint density at radius 3 is 2.44 bits per heavy atom. The van der Waals surface area contributed by atoms with Crippen LogP contribution in [-0.2, 0) is 30.4 Å². The SMILES string of the molecule is COC(=O)C1CC(=CC(=O)OC(C)(C)C)CN1C(=O)OCc1ccccc1. The molecule has 1 aliphatic heterocycles. The second-order valence-electron chi connectivity index (χ2n) is 7.25. The van der Waals surface area contributed by atoms with Crippen LogP contribution in [0.25, 0.3) is 0 Å². The summed E-state index contributed by atoms with van der Waals surface area (Å²) in [4.78, 5) is 37.8. The third-order valence-corrected chi connectivity index (χ3v) is 3.85. The Kier molecular flexibility index (Phi) is 6.60. The normalized spacial score (nSPS) is 18.3. The molecular weight excluding hydrogens is 350 g/mol. The molecule has 0 spiro atoms. The molecular formula is C20H25NO6. The van der Waals surface area contributed by atoms with Crippen molar-refractivity contribution in [3.8, 4) is 0 Å². The van der Waals surface area contributed by atoms with E-state index in [2.05, 4.69) is 0 Å². The monoisotopic (exact) mass is 375 g/mol. The topological polar surface area (TPSA) is 82.1 Å². The first kappa shape index (κ1) is 20.5. The van der Waals surface area contributed by atoms with E-state index in [-0.39, 0.29) is 19.6 Å².